The number of aliphatic hydroxyl groups excluding tert-OH is 1. The predicted octanol–water partition coefficient (Wildman–Crippen LogP) is 1.21. The van der Waals surface area contributed by atoms with Crippen molar-refractivity contribution in [2.45, 2.75) is 18.3 Å². The summed E-state index contributed by atoms with van der Waals surface area (Å²) in [6.45, 7) is 1.51. The Morgan fingerprint density at radius 2 is 2.15 bits per heavy atom. The van der Waals surface area contributed by atoms with E-state index in [2.05, 4.69) is 0 Å². The van der Waals surface area contributed by atoms with E-state index < -0.39 is 21.2 Å². The third-order valence-corrected chi connectivity index (χ3v) is 4.51. The number of aliphatic hydroxyl groups is 1. The van der Waals surface area contributed by atoms with Crippen LogP contribution in [0.1, 0.15) is 17.9 Å². The van der Waals surface area contributed by atoms with E-state index in [0.29, 0.717) is 4.88 Å². The van der Waals surface area contributed by atoms with Crippen molar-refractivity contribution >= 4 is 21.2 Å². The quantitative estimate of drug-likeness (QED) is 0.833. The fraction of sp³-hybridized carbons (Fsp3) is 0.500. The molecule has 1 aromatic heterocycles. The summed E-state index contributed by atoms with van der Waals surface area (Å²) in [6.07, 6.45) is 0.226. The van der Waals surface area contributed by atoms with Gasteiger partial charge in [-0.05, 0) is 18.4 Å². The highest BCUT2D eigenvalue weighted by molar-refractivity contribution is 7.91. The normalized spacial score (nSPS) is 16.8. The standard InChI is InChI=1S/C8H12O3S2/c1-6(13(2,10)11)8(9)7-4-3-5-12-7/h3-6,8-9H,1-2H3. The topological polar surface area (TPSA) is 54.4 Å². The molecule has 74 valence electrons. The molecule has 0 spiro atoms. The largest absolute Gasteiger partial charge is 0.386 e. The van der Waals surface area contributed by atoms with Crippen LogP contribution in [0.3, 0.4) is 0 Å². The van der Waals surface area contributed by atoms with Gasteiger partial charge in [-0.25, -0.2) is 8.42 Å². The summed E-state index contributed by atoms with van der Waals surface area (Å²) in [4.78, 5) is 0.693. The van der Waals surface area contributed by atoms with Crippen molar-refractivity contribution in [2.75, 3.05) is 6.26 Å². The van der Waals surface area contributed by atoms with Gasteiger partial charge in [0.1, 0.15) is 6.10 Å². The minimum Gasteiger partial charge on any atom is -0.386 e. The maximum absolute atomic E-state index is 11.1. The van der Waals surface area contributed by atoms with Crippen LogP contribution in [-0.2, 0) is 9.84 Å². The summed E-state index contributed by atoms with van der Waals surface area (Å²) in [5.74, 6) is 0. The smallest absolute Gasteiger partial charge is 0.152 e. The molecule has 2 atom stereocenters. The average molecular weight is 220 g/mol. The Balaban J connectivity index is 2.86. The molecule has 0 bridgehead atoms. The van der Waals surface area contributed by atoms with Crippen LogP contribution in [-0.4, -0.2) is 25.0 Å². The van der Waals surface area contributed by atoms with Crippen molar-refractivity contribution in [3.05, 3.63) is 22.4 Å². The van der Waals surface area contributed by atoms with Gasteiger partial charge in [-0.1, -0.05) is 6.07 Å². The lowest BCUT2D eigenvalue weighted by Crippen LogP contribution is -2.23. The second-order valence-electron chi connectivity index (χ2n) is 2.99. The van der Waals surface area contributed by atoms with Crippen LogP contribution in [0, 0.1) is 0 Å². The summed E-state index contributed by atoms with van der Waals surface area (Å²) in [7, 11) is -3.17. The van der Waals surface area contributed by atoms with E-state index in [9.17, 15) is 13.5 Å². The van der Waals surface area contributed by atoms with Crippen LogP contribution in [0.15, 0.2) is 17.5 Å². The molecule has 0 aromatic carbocycles. The maximum atomic E-state index is 11.1. The van der Waals surface area contributed by atoms with Gasteiger partial charge in [0, 0.05) is 11.1 Å². The number of hydrogen-bond donors (Lipinski definition) is 1. The monoisotopic (exact) mass is 220 g/mol. The second kappa shape index (κ2) is 3.77. The van der Waals surface area contributed by atoms with E-state index in [1.165, 1.54) is 18.3 Å². The van der Waals surface area contributed by atoms with Gasteiger partial charge in [0.2, 0.25) is 0 Å². The van der Waals surface area contributed by atoms with Gasteiger partial charge in [-0.15, -0.1) is 11.3 Å². The molecule has 1 rings (SSSR count). The maximum Gasteiger partial charge on any atom is 0.152 e. The average Bonchev–Trinajstić information content (AvgIpc) is 2.51. The molecule has 5 heteroatoms. The summed E-state index contributed by atoms with van der Waals surface area (Å²) < 4.78 is 22.2. The third-order valence-electron chi connectivity index (χ3n) is 1.95. The summed E-state index contributed by atoms with van der Waals surface area (Å²) in [5, 5.41) is 10.7. The molecule has 3 nitrogen and oxygen atoms in total. The fourth-order valence-corrected chi connectivity index (χ4v) is 2.44. The molecule has 0 amide bonds. The zero-order valence-corrected chi connectivity index (χ0v) is 9.10. The molecule has 2 unspecified atom stereocenters. The van der Waals surface area contributed by atoms with E-state index in [0.717, 1.165) is 6.26 Å². The number of sulfone groups is 1. The molecule has 0 aliphatic rings. The molecule has 13 heavy (non-hydrogen) atoms. The molecule has 0 saturated heterocycles. The Labute approximate surface area is 82.0 Å². The molecule has 1 heterocycles. The minimum absolute atomic E-state index is 0.693. The molecular formula is C8H12O3S2. The lowest BCUT2D eigenvalue weighted by molar-refractivity contribution is 0.180. The Kier molecular flexibility index (Phi) is 3.10. The van der Waals surface area contributed by atoms with Gasteiger partial charge >= 0.3 is 0 Å². The zero-order valence-electron chi connectivity index (χ0n) is 7.47. The highest BCUT2D eigenvalue weighted by Crippen LogP contribution is 2.25. The first kappa shape index (κ1) is 10.7. The zero-order chi connectivity index (χ0) is 10.1. The molecule has 0 radical (unpaired) electrons. The third kappa shape index (κ3) is 2.52. The fourth-order valence-electron chi connectivity index (χ4n) is 0.925. The van der Waals surface area contributed by atoms with E-state index in [1.807, 2.05) is 5.38 Å². The van der Waals surface area contributed by atoms with Crippen LogP contribution in [0.2, 0.25) is 0 Å². The molecule has 0 fully saturated rings. The number of hydrogen-bond acceptors (Lipinski definition) is 4. The van der Waals surface area contributed by atoms with Gasteiger partial charge in [0.05, 0.1) is 5.25 Å². The van der Waals surface area contributed by atoms with Crippen molar-refractivity contribution < 1.29 is 13.5 Å². The van der Waals surface area contributed by atoms with Crippen LogP contribution in [0.25, 0.3) is 0 Å². The van der Waals surface area contributed by atoms with Crippen molar-refractivity contribution in [3.63, 3.8) is 0 Å². The highest BCUT2D eigenvalue weighted by atomic mass is 32.2. The van der Waals surface area contributed by atoms with Crippen LogP contribution in [0.5, 0.6) is 0 Å². The van der Waals surface area contributed by atoms with Gasteiger partial charge in [-0.2, -0.15) is 0 Å². The molecule has 0 saturated carbocycles. The molecule has 1 N–H and O–H groups in total. The van der Waals surface area contributed by atoms with E-state index in [-0.39, 0.29) is 0 Å². The van der Waals surface area contributed by atoms with Crippen LogP contribution < -0.4 is 0 Å². The summed E-state index contributed by atoms with van der Waals surface area (Å²) in [6, 6.07) is 3.52. The summed E-state index contributed by atoms with van der Waals surface area (Å²) in [5.41, 5.74) is 0. The van der Waals surface area contributed by atoms with Crippen LogP contribution >= 0.6 is 11.3 Å². The first-order valence-corrected chi connectivity index (χ1v) is 6.66. The van der Waals surface area contributed by atoms with Crippen molar-refractivity contribution in [1.29, 1.82) is 0 Å². The van der Waals surface area contributed by atoms with Crippen molar-refractivity contribution in [2.24, 2.45) is 0 Å². The van der Waals surface area contributed by atoms with E-state index in [4.69, 9.17) is 0 Å². The lowest BCUT2D eigenvalue weighted by Gasteiger charge is -2.15. The Morgan fingerprint density at radius 1 is 1.54 bits per heavy atom. The van der Waals surface area contributed by atoms with Gasteiger partial charge in [-0.3, -0.25) is 0 Å². The predicted molar refractivity (Wildman–Crippen MR) is 53.6 cm³/mol. The van der Waals surface area contributed by atoms with Crippen molar-refractivity contribution in [1.82, 2.24) is 0 Å². The SMILES string of the molecule is CC(C(O)c1cccs1)S(C)(=O)=O. The first-order valence-electron chi connectivity index (χ1n) is 3.83. The Hall–Kier alpha value is -0.390. The van der Waals surface area contributed by atoms with Gasteiger partial charge in [0.15, 0.2) is 9.84 Å². The van der Waals surface area contributed by atoms with Gasteiger partial charge < -0.3 is 5.11 Å². The number of thiophene rings is 1. The van der Waals surface area contributed by atoms with E-state index in [1.54, 1.807) is 12.1 Å². The number of rotatable bonds is 3. The minimum atomic E-state index is -3.17. The van der Waals surface area contributed by atoms with Gasteiger partial charge in [0.25, 0.3) is 0 Å². The summed E-state index contributed by atoms with van der Waals surface area (Å²) >= 11 is 1.36. The lowest BCUT2D eigenvalue weighted by atomic mass is 10.2. The Bertz CT molecular complexity index is 353. The van der Waals surface area contributed by atoms with Crippen LogP contribution in [0.4, 0.5) is 0 Å². The highest BCUT2D eigenvalue weighted by Gasteiger charge is 2.25. The first-order chi connectivity index (χ1) is 5.93. The Morgan fingerprint density at radius 3 is 2.54 bits per heavy atom. The molecule has 1 aromatic rings. The second-order valence-corrected chi connectivity index (χ2v) is 6.38. The molecular weight excluding hydrogens is 208 g/mol. The molecule has 0 aliphatic heterocycles. The van der Waals surface area contributed by atoms with Crippen molar-refractivity contribution in [3.8, 4) is 0 Å². The van der Waals surface area contributed by atoms with E-state index >= 15 is 0 Å². The molecule has 0 aliphatic carbocycles.